The molecule has 90 valence electrons. The van der Waals surface area contributed by atoms with E-state index >= 15 is 0 Å². The van der Waals surface area contributed by atoms with Crippen LogP contribution in [0.1, 0.15) is 20.3 Å². The molecular weight excluding hydrogens is 200 g/mol. The summed E-state index contributed by atoms with van der Waals surface area (Å²) < 4.78 is 1.99. The molecule has 1 aliphatic rings. The smallest absolute Gasteiger partial charge is 0.0560 e. The highest BCUT2D eigenvalue weighted by molar-refractivity contribution is 4.87. The number of nitrogens with zero attached hydrogens (tertiary/aromatic N) is 3. The van der Waals surface area contributed by atoms with E-state index in [0.29, 0.717) is 18.1 Å². The van der Waals surface area contributed by atoms with Crippen molar-refractivity contribution in [2.75, 3.05) is 13.6 Å². The topological polar surface area (TPSA) is 33.1 Å². The molecule has 1 aromatic heterocycles. The first-order chi connectivity index (χ1) is 7.65. The van der Waals surface area contributed by atoms with Crippen molar-refractivity contribution in [1.29, 1.82) is 0 Å². The highest BCUT2D eigenvalue weighted by Gasteiger charge is 2.26. The van der Waals surface area contributed by atoms with Gasteiger partial charge in [-0.2, -0.15) is 5.10 Å². The lowest BCUT2D eigenvalue weighted by molar-refractivity contribution is 0.322. The van der Waals surface area contributed by atoms with Crippen LogP contribution in [0.25, 0.3) is 0 Å². The van der Waals surface area contributed by atoms with Crippen LogP contribution in [0.5, 0.6) is 0 Å². The van der Waals surface area contributed by atoms with Crippen molar-refractivity contribution in [1.82, 2.24) is 20.0 Å². The van der Waals surface area contributed by atoms with Crippen molar-refractivity contribution in [2.24, 2.45) is 0 Å². The van der Waals surface area contributed by atoms with E-state index in [1.807, 2.05) is 23.1 Å². The Labute approximate surface area is 97.6 Å². The molecule has 0 aliphatic carbocycles. The van der Waals surface area contributed by atoms with Gasteiger partial charge in [0.15, 0.2) is 0 Å². The van der Waals surface area contributed by atoms with Gasteiger partial charge in [-0.15, -0.1) is 0 Å². The number of nitrogens with one attached hydrogen (secondary N) is 1. The highest BCUT2D eigenvalue weighted by Crippen LogP contribution is 2.15. The van der Waals surface area contributed by atoms with E-state index in [4.69, 9.17) is 0 Å². The van der Waals surface area contributed by atoms with Gasteiger partial charge in [0.2, 0.25) is 0 Å². The molecule has 3 atom stereocenters. The van der Waals surface area contributed by atoms with E-state index < -0.39 is 0 Å². The average Bonchev–Trinajstić information content (AvgIpc) is 2.78. The molecule has 1 aromatic rings. The van der Waals surface area contributed by atoms with Crippen LogP contribution in [-0.4, -0.2) is 46.4 Å². The van der Waals surface area contributed by atoms with E-state index in [1.54, 1.807) is 0 Å². The molecule has 2 heterocycles. The minimum absolute atomic E-state index is 0.476. The Hall–Kier alpha value is -0.870. The maximum atomic E-state index is 4.23. The Morgan fingerprint density at radius 3 is 2.94 bits per heavy atom. The van der Waals surface area contributed by atoms with Crippen LogP contribution in [-0.2, 0) is 6.54 Å². The summed E-state index contributed by atoms with van der Waals surface area (Å²) in [6, 6.07) is 3.78. The number of likely N-dealkylation sites (N-methyl/N-ethyl adjacent to an activating group) is 1. The second-order valence-corrected chi connectivity index (χ2v) is 5.02. The van der Waals surface area contributed by atoms with Crippen LogP contribution in [0.15, 0.2) is 18.5 Å². The van der Waals surface area contributed by atoms with Crippen LogP contribution in [0.4, 0.5) is 0 Å². The van der Waals surface area contributed by atoms with Gasteiger partial charge in [-0.05, 0) is 33.4 Å². The number of rotatable bonds is 4. The SMILES string of the molecule is CC(Cn1cccn1)NC1CC(C)N(C)C1. The molecule has 16 heavy (non-hydrogen) atoms. The molecule has 0 aromatic carbocycles. The molecule has 2 rings (SSSR count). The Balaban J connectivity index is 1.77. The third-order valence-electron chi connectivity index (χ3n) is 3.43. The first-order valence-corrected chi connectivity index (χ1v) is 6.09. The third-order valence-corrected chi connectivity index (χ3v) is 3.43. The van der Waals surface area contributed by atoms with E-state index in [-0.39, 0.29) is 0 Å². The molecule has 4 heteroatoms. The molecule has 1 aliphatic heterocycles. The van der Waals surface area contributed by atoms with Crippen molar-refractivity contribution in [3.05, 3.63) is 18.5 Å². The van der Waals surface area contributed by atoms with Crippen molar-refractivity contribution in [3.8, 4) is 0 Å². The first kappa shape index (κ1) is 11.6. The number of hydrogen-bond acceptors (Lipinski definition) is 3. The van der Waals surface area contributed by atoms with Crippen LogP contribution < -0.4 is 5.32 Å². The van der Waals surface area contributed by atoms with E-state index in [0.717, 1.165) is 13.1 Å². The molecule has 0 saturated carbocycles. The van der Waals surface area contributed by atoms with E-state index in [2.05, 4.69) is 36.2 Å². The van der Waals surface area contributed by atoms with Gasteiger partial charge in [-0.25, -0.2) is 0 Å². The minimum atomic E-state index is 0.476. The molecule has 3 unspecified atom stereocenters. The fourth-order valence-corrected chi connectivity index (χ4v) is 2.46. The third kappa shape index (κ3) is 2.83. The van der Waals surface area contributed by atoms with E-state index in [1.165, 1.54) is 6.42 Å². The molecule has 1 fully saturated rings. The quantitative estimate of drug-likeness (QED) is 0.823. The summed E-state index contributed by atoms with van der Waals surface area (Å²) in [4.78, 5) is 2.41. The largest absolute Gasteiger partial charge is 0.308 e. The lowest BCUT2D eigenvalue weighted by Gasteiger charge is -2.19. The zero-order chi connectivity index (χ0) is 11.5. The monoisotopic (exact) mass is 222 g/mol. The number of aromatic nitrogens is 2. The van der Waals surface area contributed by atoms with Crippen LogP contribution >= 0.6 is 0 Å². The van der Waals surface area contributed by atoms with Gasteiger partial charge in [0.25, 0.3) is 0 Å². The highest BCUT2D eigenvalue weighted by atomic mass is 15.3. The van der Waals surface area contributed by atoms with Crippen molar-refractivity contribution < 1.29 is 0 Å². The summed E-state index contributed by atoms with van der Waals surface area (Å²) in [5.41, 5.74) is 0. The maximum Gasteiger partial charge on any atom is 0.0560 e. The second-order valence-electron chi connectivity index (χ2n) is 5.02. The number of hydrogen-bond donors (Lipinski definition) is 1. The summed E-state index contributed by atoms with van der Waals surface area (Å²) in [6.45, 7) is 6.62. The summed E-state index contributed by atoms with van der Waals surface area (Å²) in [7, 11) is 2.20. The summed E-state index contributed by atoms with van der Waals surface area (Å²) >= 11 is 0. The van der Waals surface area contributed by atoms with Crippen LogP contribution in [0.3, 0.4) is 0 Å². The number of likely N-dealkylation sites (tertiary alicyclic amines) is 1. The fraction of sp³-hybridized carbons (Fsp3) is 0.750. The van der Waals surface area contributed by atoms with Crippen molar-refractivity contribution >= 4 is 0 Å². The van der Waals surface area contributed by atoms with Gasteiger partial charge < -0.3 is 10.2 Å². The second kappa shape index (κ2) is 4.97. The zero-order valence-corrected chi connectivity index (χ0v) is 10.4. The molecule has 1 N–H and O–H groups in total. The first-order valence-electron chi connectivity index (χ1n) is 6.09. The minimum Gasteiger partial charge on any atom is -0.308 e. The lowest BCUT2D eigenvalue weighted by atomic mass is 10.1. The van der Waals surface area contributed by atoms with E-state index in [9.17, 15) is 0 Å². The predicted molar refractivity (Wildman–Crippen MR) is 65.3 cm³/mol. The Bertz CT molecular complexity index is 299. The van der Waals surface area contributed by atoms with Gasteiger partial charge >= 0.3 is 0 Å². The molecular formula is C12H22N4. The molecule has 1 saturated heterocycles. The predicted octanol–water partition coefficient (Wildman–Crippen LogP) is 0.954. The summed E-state index contributed by atoms with van der Waals surface area (Å²) in [5.74, 6) is 0. The van der Waals surface area contributed by atoms with Gasteiger partial charge in [0, 0.05) is 37.1 Å². The molecule has 0 radical (unpaired) electrons. The Kier molecular flexibility index (Phi) is 3.61. The van der Waals surface area contributed by atoms with Gasteiger partial charge in [-0.3, -0.25) is 4.68 Å². The van der Waals surface area contributed by atoms with Gasteiger partial charge in [0.1, 0.15) is 0 Å². The Morgan fingerprint density at radius 1 is 1.56 bits per heavy atom. The molecule has 4 nitrogen and oxygen atoms in total. The summed E-state index contributed by atoms with van der Waals surface area (Å²) in [6.07, 6.45) is 5.10. The molecule has 0 spiro atoms. The fourth-order valence-electron chi connectivity index (χ4n) is 2.46. The normalized spacial score (nSPS) is 28.4. The van der Waals surface area contributed by atoms with Crippen LogP contribution in [0, 0.1) is 0 Å². The molecule has 0 bridgehead atoms. The summed E-state index contributed by atoms with van der Waals surface area (Å²) in [5, 5.41) is 7.90. The van der Waals surface area contributed by atoms with Gasteiger partial charge in [-0.1, -0.05) is 0 Å². The zero-order valence-electron chi connectivity index (χ0n) is 10.4. The maximum absolute atomic E-state index is 4.23. The van der Waals surface area contributed by atoms with Crippen LogP contribution in [0.2, 0.25) is 0 Å². The van der Waals surface area contributed by atoms with Gasteiger partial charge in [0.05, 0.1) is 6.54 Å². The standard InChI is InChI=1S/C12H22N4/c1-10(8-16-6-4-5-13-16)14-12-7-11(2)15(3)9-12/h4-6,10-12,14H,7-9H2,1-3H3. The van der Waals surface area contributed by atoms with Crippen molar-refractivity contribution in [3.63, 3.8) is 0 Å². The van der Waals surface area contributed by atoms with Crippen molar-refractivity contribution in [2.45, 2.75) is 44.9 Å². The Morgan fingerprint density at radius 2 is 2.38 bits per heavy atom. The lowest BCUT2D eigenvalue weighted by Crippen LogP contribution is -2.40. The molecule has 0 amide bonds. The average molecular weight is 222 g/mol.